The topological polar surface area (TPSA) is 68.2 Å². The van der Waals surface area contributed by atoms with E-state index in [9.17, 15) is 10.2 Å². The third kappa shape index (κ3) is 4.87. The van der Waals surface area contributed by atoms with Gasteiger partial charge in [0.15, 0.2) is 0 Å². The van der Waals surface area contributed by atoms with Gasteiger partial charge in [-0.25, -0.2) is 0 Å². The number of hydrogen-bond acceptors (Lipinski definition) is 5. The molecule has 1 fully saturated rings. The molecule has 0 aliphatic carbocycles. The minimum atomic E-state index is -0.941. The van der Waals surface area contributed by atoms with Gasteiger partial charge in [0.25, 0.3) is 0 Å². The van der Waals surface area contributed by atoms with Crippen molar-refractivity contribution in [3.05, 3.63) is 71.8 Å². The van der Waals surface area contributed by atoms with E-state index in [1.165, 1.54) is 0 Å². The van der Waals surface area contributed by atoms with Crippen LogP contribution in [0.5, 0.6) is 0 Å². The van der Waals surface area contributed by atoms with E-state index in [2.05, 4.69) is 0 Å². The lowest BCUT2D eigenvalue weighted by atomic mass is 10.00. The normalized spacial score (nSPS) is 26.5. The lowest BCUT2D eigenvalue weighted by Crippen LogP contribution is -2.56. The minimum Gasteiger partial charge on any atom is -0.394 e. The highest BCUT2D eigenvalue weighted by atomic mass is 16.6. The van der Waals surface area contributed by atoms with E-state index in [4.69, 9.17) is 14.2 Å². The van der Waals surface area contributed by atoms with E-state index in [0.29, 0.717) is 13.2 Å². The van der Waals surface area contributed by atoms with E-state index in [0.717, 1.165) is 11.1 Å². The highest BCUT2D eigenvalue weighted by molar-refractivity contribution is 5.14. The Morgan fingerprint density at radius 1 is 0.880 bits per heavy atom. The number of benzene rings is 2. The maximum absolute atomic E-state index is 10.5. The third-order valence-corrected chi connectivity index (χ3v) is 4.33. The molecule has 2 aromatic rings. The van der Waals surface area contributed by atoms with Crippen LogP contribution in [0.3, 0.4) is 0 Å². The summed E-state index contributed by atoms with van der Waals surface area (Å²) < 4.78 is 17.4. The molecule has 0 bridgehead atoms. The molecule has 5 nitrogen and oxygen atoms in total. The van der Waals surface area contributed by atoms with Crippen molar-refractivity contribution in [3.8, 4) is 0 Å². The van der Waals surface area contributed by atoms with Crippen LogP contribution in [0.4, 0.5) is 0 Å². The lowest BCUT2D eigenvalue weighted by Gasteiger charge is -2.39. The Hall–Kier alpha value is -1.76. The first-order valence-electron chi connectivity index (χ1n) is 8.49. The molecule has 25 heavy (non-hydrogen) atoms. The molecule has 2 aromatic carbocycles. The van der Waals surface area contributed by atoms with Crippen LogP contribution < -0.4 is 0 Å². The van der Waals surface area contributed by atoms with Crippen LogP contribution in [0.1, 0.15) is 11.1 Å². The first-order valence-corrected chi connectivity index (χ1v) is 8.49. The summed E-state index contributed by atoms with van der Waals surface area (Å²) in [6.45, 7) is 0.800. The average molecular weight is 344 g/mol. The fourth-order valence-electron chi connectivity index (χ4n) is 2.90. The molecule has 1 aliphatic heterocycles. The second-order valence-electron chi connectivity index (χ2n) is 6.14. The first kappa shape index (κ1) is 18.0. The highest BCUT2D eigenvalue weighted by Gasteiger charge is 2.40. The highest BCUT2D eigenvalue weighted by Crippen LogP contribution is 2.23. The summed E-state index contributed by atoms with van der Waals surface area (Å²) in [6, 6.07) is 19.6. The van der Waals surface area contributed by atoms with Crippen molar-refractivity contribution in [3.63, 3.8) is 0 Å². The van der Waals surface area contributed by atoms with E-state index in [-0.39, 0.29) is 13.2 Å². The van der Waals surface area contributed by atoms with Gasteiger partial charge in [-0.2, -0.15) is 0 Å². The summed E-state index contributed by atoms with van der Waals surface area (Å²) >= 11 is 0. The van der Waals surface area contributed by atoms with Gasteiger partial charge in [-0.05, 0) is 11.1 Å². The van der Waals surface area contributed by atoms with Gasteiger partial charge in [0.05, 0.1) is 26.4 Å². The Morgan fingerprint density at radius 2 is 1.44 bits per heavy atom. The van der Waals surface area contributed by atoms with Gasteiger partial charge in [0, 0.05) is 0 Å². The Kier molecular flexibility index (Phi) is 6.55. The molecule has 0 radical (unpaired) electrons. The van der Waals surface area contributed by atoms with Gasteiger partial charge in [-0.1, -0.05) is 60.7 Å². The second kappa shape index (κ2) is 9.08. The summed E-state index contributed by atoms with van der Waals surface area (Å²) in [5.41, 5.74) is 2.06. The fourth-order valence-corrected chi connectivity index (χ4v) is 2.90. The average Bonchev–Trinajstić information content (AvgIpc) is 2.67. The maximum atomic E-state index is 10.5. The molecular weight excluding hydrogens is 320 g/mol. The zero-order valence-electron chi connectivity index (χ0n) is 14.0. The lowest BCUT2D eigenvalue weighted by molar-refractivity contribution is -0.228. The molecule has 1 heterocycles. The van der Waals surface area contributed by atoms with E-state index in [1.54, 1.807) is 0 Å². The van der Waals surface area contributed by atoms with Gasteiger partial charge in [0.1, 0.15) is 24.4 Å². The minimum absolute atomic E-state index is 0.252. The maximum Gasteiger partial charge on any atom is 0.115 e. The van der Waals surface area contributed by atoms with Crippen molar-refractivity contribution in [2.45, 2.75) is 37.6 Å². The fraction of sp³-hybridized carbons (Fsp3) is 0.400. The van der Waals surface area contributed by atoms with Gasteiger partial charge in [-0.15, -0.1) is 0 Å². The Bertz CT molecular complexity index is 618. The van der Waals surface area contributed by atoms with Crippen LogP contribution in [-0.2, 0) is 27.4 Å². The van der Waals surface area contributed by atoms with Crippen molar-refractivity contribution < 1.29 is 24.4 Å². The number of hydrogen-bond donors (Lipinski definition) is 2. The summed E-state index contributed by atoms with van der Waals surface area (Å²) in [5, 5.41) is 19.9. The van der Waals surface area contributed by atoms with Crippen LogP contribution in [-0.4, -0.2) is 47.8 Å². The van der Waals surface area contributed by atoms with Crippen LogP contribution in [0, 0.1) is 0 Å². The molecule has 0 saturated carbocycles. The zero-order chi connectivity index (χ0) is 17.5. The molecule has 1 saturated heterocycles. The van der Waals surface area contributed by atoms with Gasteiger partial charge >= 0.3 is 0 Å². The summed E-state index contributed by atoms with van der Waals surface area (Å²) in [6.07, 6.45) is -2.56. The molecule has 4 atom stereocenters. The molecule has 134 valence electrons. The van der Waals surface area contributed by atoms with Gasteiger partial charge < -0.3 is 24.4 Å². The van der Waals surface area contributed by atoms with Gasteiger partial charge in [-0.3, -0.25) is 0 Å². The van der Waals surface area contributed by atoms with Crippen LogP contribution >= 0.6 is 0 Å². The predicted octanol–water partition coefficient (Wildman–Crippen LogP) is 1.91. The van der Waals surface area contributed by atoms with Crippen LogP contribution in [0.15, 0.2) is 60.7 Å². The van der Waals surface area contributed by atoms with Crippen LogP contribution in [0.2, 0.25) is 0 Å². The number of rotatable bonds is 7. The smallest absolute Gasteiger partial charge is 0.115 e. The molecule has 0 amide bonds. The molecule has 0 aromatic heterocycles. The van der Waals surface area contributed by atoms with Crippen molar-refractivity contribution in [2.75, 3.05) is 13.2 Å². The van der Waals surface area contributed by atoms with E-state index < -0.39 is 24.4 Å². The van der Waals surface area contributed by atoms with E-state index >= 15 is 0 Å². The molecular formula is C20H24O5. The standard InChI is InChI=1S/C20H24O5/c21-11-17-19(22)20(25-13-16-9-5-2-6-10-16)18(14-24-17)23-12-15-7-3-1-4-8-15/h1-10,17-22H,11-14H2/t17-,18+,19+,20-/m1/s1. The third-order valence-electron chi connectivity index (χ3n) is 4.33. The molecule has 5 heteroatoms. The van der Waals surface area contributed by atoms with Crippen molar-refractivity contribution in [1.29, 1.82) is 0 Å². The van der Waals surface area contributed by atoms with Gasteiger partial charge in [0.2, 0.25) is 0 Å². The molecule has 0 spiro atoms. The first-order chi connectivity index (χ1) is 12.3. The number of aliphatic hydroxyl groups excluding tert-OH is 2. The number of ether oxygens (including phenoxy) is 3. The predicted molar refractivity (Wildman–Crippen MR) is 92.9 cm³/mol. The Labute approximate surface area is 147 Å². The van der Waals surface area contributed by atoms with Crippen LogP contribution in [0.25, 0.3) is 0 Å². The van der Waals surface area contributed by atoms with Crippen molar-refractivity contribution >= 4 is 0 Å². The molecule has 1 aliphatic rings. The monoisotopic (exact) mass is 344 g/mol. The van der Waals surface area contributed by atoms with Crippen molar-refractivity contribution in [2.24, 2.45) is 0 Å². The molecule has 3 rings (SSSR count). The van der Waals surface area contributed by atoms with Crippen molar-refractivity contribution in [1.82, 2.24) is 0 Å². The second-order valence-corrected chi connectivity index (χ2v) is 6.14. The summed E-state index contributed by atoms with van der Waals surface area (Å²) in [5.74, 6) is 0. The van der Waals surface area contributed by atoms with E-state index in [1.807, 2.05) is 60.7 Å². The SMILES string of the molecule is OC[C@H]1OC[C@H](OCc2ccccc2)[C@@H](OCc2ccccc2)[C@H]1O. The Morgan fingerprint density at radius 3 is 2.00 bits per heavy atom. The number of aliphatic hydroxyl groups is 2. The molecule has 0 unspecified atom stereocenters. The molecule has 2 N–H and O–H groups in total. The Balaban J connectivity index is 1.63. The quantitative estimate of drug-likeness (QED) is 0.803. The largest absolute Gasteiger partial charge is 0.394 e. The summed E-state index contributed by atoms with van der Waals surface area (Å²) in [4.78, 5) is 0. The zero-order valence-corrected chi connectivity index (χ0v) is 14.0. The summed E-state index contributed by atoms with van der Waals surface area (Å²) in [7, 11) is 0.